The topological polar surface area (TPSA) is 34.0 Å². The highest BCUT2D eigenvalue weighted by molar-refractivity contribution is 5.99. The van der Waals surface area contributed by atoms with Gasteiger partial charge in [-0.2, -0.15) is 0 Å². The molecule has 1 N–H and O–H groups in total. The lowest BCUT2D eigenvalue weighted by Gasteiger charge is -2.20. The third-order valence-corrected chi connectivity index (χ3v) is 4.25. The standard InChI is InChI=1S/C17H28N2O/c1-12-10-15(16(20)11-18-17(3,4)5)13(2)19(12)14-8-6-7-9-14/h10,14,18H,6-9,11H2,1-5H3. The highest BCUT2D eigenvalue weighted by Crippen LogP contribution is 2.33. The number of Topliss-reactive ketones (excluding diaryl/α,β-unsaturated/α-hetero) is 1. The predicted molar refractivity (Wildman–Crippen MR) is 83.5 cm³/mol. The van der Waals surface area contributed by atoms with Crippen LogP contribution in [0.3, 0.4) is 0 Å². The molecule has 0 bridgehead atoms. The molecule has 1 aliphatic carbocycles. The molecule has 0 radical (unpaired) electrons. The number of rotatable bonds is 4. The Kier molecular flexibility index (Phi) is 4.38. The van der Waals surface area contributed by atoms with E-state index in [1.54, 1.807) is 0 Å². The van der Waals surface area contributed by atoms with Crippen LogP contribution in [0.5, 0.6) is 0 Å². The molecule has 3 heteroatoms. The number of aromatic nitrogens is 1. The molecule has 0 spiro atoms. The zero-order valence-electron chi connectivity index (χ0n) is 13.5. The highest BCUT2D eigenvalue weighted by Gasteiger charge is 2.23. The Hall–Kier alpha value is -1.09. The van der Waals surface area contributed by atoms with E-state index in [4.69, 9.17) is 0 Å². The summed E-state index contributed by atoms with van der Waals surface area (Å²) >= 11 is 0. The minimum absolute atomic E-state index is 0.0212. The summed E-state index contributed by atoms with van der Waals surface area (Å²) in [5.74, 6) is 0.206. The monoisotopic (exact) mass is 276 g/mol. The van der Waals surface area contributed by atoms with E-state index in [-0.39, 0.29) is 11.3 Å². The molecule has 1 aromatic heterocycles. The Bertz CT molecular complexity index is 488. The van der Waals surface area contributed by atoms with Gasteiger partial charge in [-0.1, -0.05) is 12.8 Å². The van der Waals surface area contributed by atoms with E-state index in [2.05, 4.69) is 50.6 Å². The van der Waals surface area contributed by atoms with Crippen LogP contribution in [0, 0.1) is 13.8 Å². The number of nitrogens with one attached hydrogen (secondary N) is 1. The van der Waals surface area contributed by atoms with E-state index in [1.807, 2.05) is 0 Å². The van der Waals surface area contributed by atoms with Gasteiger partial charge in [-0.05, 0) is 53.5 Å². The Morgan fingerprint density at radius 2 is 1.90 bits per heavy atom. The summed E-state index contributed by atoms with van der Waals surface area (Å²) in [7, 11) is 0. The van der Waals surface area contributed by atoms with Crippen LogP contribution in [0.1, 0.15) is 74.2 Å². The second-order valence-corrected chi connectivity index (χ2v) is 7.12. The molecule has 0 amide bonds. The maximum absolute atomic E-state index is 12.4. The molecule has 3 nitrogen and oxygen atoms in total. The lowest BCUT2D eigenvalue weighted by Crippen LogP contribution is -2.39. The molecule has 0 aromatic carbocycles. The van der Waals surface area contributed by atoms with Crippen molar-refractivity contribution in [2.75, 3.05) is 6.54 Å². The van der Waals surface area contributed by atoms with Crippen molar-refractivity contribution < 1.29 is 4.79 Å². The number of ketones is 1. The summed E-state index contributed by atoms with van der Waals surface area (Å²) in [6.45, 7) is 10.9. The molecule has 112 valence electrons. The van der Waals surface area contributed by atoms with Gasteiger partial charge in [-0.15, -0.1) is 0 Å². The van der Waals surface area contributed by atoms with Gasteiger partial charge in [0.05, 0.1) is 6.54 Å². The van der Waals surface area contributed by atoms with Crippen molar-refractivity contribution >= 4 is 5.78 Å². The van der Waals surface area contributed by atoms with Gasteiger partial charge >= 0.3 is 0 Å². The molecular formula is C17H28N2O. The van der Waals surface area contributed by atoms with Gasteiger partial charge < -0.3 is 9.88 Å². The van der Waals surface area contributed by atoms with Crippen LogP contribution < -0.4 is 5.32 Å². The first-order valence-electron chi connectivity index (χ1n) is 7.76. The Balaban J connectivity index is 2.16. The van der Waals surface area contributed by atoms with Crippen molar-refractivity contribution in [3.8, 4) is 0 Å². The average molecular weight is 276 g/mol. The normalized spacial score (nSPS) is 16.9. The maximum Gasteiger partial charge on any atom is 0.178 e. The SMILES string of the molecule is Cc1cc(C(=O)CNC(C)(C)C)c(C)n1C1CCCC1. The van der Waals surface area contributed by atoms with Crippen molar-refractivity contribution in [1.29, 1.82) is 0 Å². The first kappa shape index (κ1) is 15.3. The zero-order chi connectivity index (χ0) is 14.9. The van der Waals surface area contributed by atoms with E-state index in [0.29, 0.717) is 12.6 Å². The smallest absolute Gasteiger partial charge is 0.178 e. The van der Waals surface area contributed by atoms with Crippen LogP contribution in [0.2, 0.25) is 0 Å². The van der Waals surface area contributed by atoms with Crippen molar-refractivity contribution in [1.82, 2.24) is 9.88 Å². The van der Waals surface area contributed by atoms with Gasteiger partial charge in [0.1, 0.15) is 0 Å². The van der Waals surface area contributed by atoms with Crippen molar-refractivity contribution in [2.24, 2.45) is 0 Å². The molecule has 0 aliphatic heterocycles. The summed E-state index contributed by atoms with van der Waals surface area (Å²) in [5, 5.41) is 3.29. The molecule has 1 heterocycles. The molecule has 0 saturated heterocycles. The molecule has 0 unspecified atom stereocenters. The Morgan fingerprint density at radius 3 is 2.45 bits per heavy atom. The van der Waals surface area contributed by atoms with Crippen LogP contribution in [-0.4, -0.2) is 22.4 Å². The second kappa shape index (κ2) is 5.72. The van der Waals surface area contributed by atoms with E-state index in [0.717, 1.165) is 11.3 Å². The Labute approximate surface area is 122 Å². The molecular weight excluding hydrogens is 248 g/mol. The zero-order valence-corrected chi connectivity index (χ0v) is 13.5. The van der Waals surface area contributed by atoms with Crippen molar-refractivity contribution in [2.45, 2.75) is 71.9 Å². The third kappa shape index (κ3) is 3.32. The minimum Gasteiger partial charge on any atom is -0.345 e. The van der Waals surface area contributed by atoms with Gasteiger partial charge in [0.15, 0.2) is 5.78 Å². The van der Waals surface area contributed by atoms with Crippen LogP contribution in [0.15, 0.2) is 6.07 Å². The second-order valence-electron chi connectivity index (χ2n) is 7.12. The molecule has 0 atom stereocenters. The largest absolute Gasteiger partial charge is 0.345 e. The predicted octanol–water partition coefficient (Wildman–Crippen LogP) is 3.79. The van der Waals surface area contributed by atoms with E-state index < -0.39 is 0 Å². The van der Waals surface area contributed by atoms with Crippen LogP contribution in [0.4, 0.5) is 0 Å². The van der Waals surface area contributed by atoms with Crippen LogP contribution in [-0.2, 0) is 0 Å². The summed E-state index contributed by atoms with van der Waals surface area (Å²) in [6.07, 6.45) is 5.14. The highest BCUT2D eigenvalue weighted by atomic mass is 16.1. The first-order chi connectivity index (χ1) is 9.29. The summed E-state index contributed by atoms with van der Waals surface area (Å²) < 4.78 is 2.39. The molecule has 2 rings (SSSR count). The van der Waals surface area contributed by atoms with Crippen molar-refractivity contribution in [3.05, 3.63) is 23.0 Å². The third-order valence-electron chi connectivity index (χ3n) is 4.25. The fourth-order valence-corrected chi connectivity index (χ4v) is 3.22. The summed E-state index contributed by atoms with van der Waals surface area (Å²) in [6, 6.07) is 2.67. The van der Waals surface area contributed by atoms with Gasteiger partial charge in [-0.25, -0.2) is 0 Å². The lowest BCUT2D eigenvalue weighted by molar-refractivity contribution is 0.0981. The first-order valence-corrected chi connectivity index (χ1v) is 7.76. The Morgan fingerprint density at radius 1 is 1.30 bits per heavy atom. The minimum atomic E-state index is -0.0212. The molecule has 1 aliphatic rings. The van der Waals surface area contributed by atoms with E-state index >= 15 is 0 Å². The molecule has 1 fully saturated rings. The van der Waals surface area contributed by atoms with Gasteiger partial charge in [0.25, 0.3) is 0 Å². The fraction of sp³-hybridized carbons (Fsp3) is 0.706. The molecule has 20 heavy (non-hydrogen) atoms. The number of hydrogen-bond acceptors (Lipinski definition) is 2. The lowest BCUT2D eigenvalue weighted by atomic mass is 10.1. The van der Waals surface area contributed by atoms with Gasteiger partial charge in [0.2, 0.25) is 0 Å². The van der Waals surface area contributed by atoms with Gasteiger partial charge in [-0.3, -0.25) is 4.79 Å². The van der Waals surface area contributed by atoms with Crippen LogP contribution >= 0.6 is 0 Å². The summed E-state index contributed by atoms with van der Waals surface area (Å²) in [4.78, 5) is 12.4. The maximum atomic E-state index is 12.4. The quantitative estimate of drug-likeness (QED) is 0.849. The number of hydrogen-bond donors (Lipinski definition) is 1. The number of nitrogens with zero attached hydrogens (tertiary/aromatic N) is 1. The van der Waals surface area contributed by atoms with E-state index in [1.165, 1.54) is 31.4 Å². The van der Waals surface area contributed by atoms with Crippen molar-refractivity contribution in [3.63, 3.8) is 0 Å². The number of carbonyl (C=O) groups is 1. The number of aryl methyl sites for hydroxylation is 1. The molecule has 1 aromatic rings. The van der Waals surface area contributed by atoms with Crippen LogP contribution in [0.25, 0.3) is 0 Å². The van der Waals surface area contributed by atoms with E-state index in [9.17, 15) is 4.79 Å². The fourth-order valence-electron chi connectivity index (χ4n) is 3.22. The summed E-state index contributed by atoms with van der Waals surface area (Å²) in [5.41, 5.74) is 3.25. The molecule has 1 saturated carbocycles. The number of carbonyl (C=O) groups excluding carboxylic acids is 1. The van der Waals surface area contributed by atoms with Gasteiger partial charge in [0, 0.05) is 28.5 Å². The average Bonchev–Trinajstić information content (AvgIpc) is 2.93.